The fourth-order valence-electron chi connectivity index (χ4n) is 1.30. The minimum atomic E-state index is -0.708. The van der Waals surface area contributed by atoms with Crippen LogP contribution in [0, 0.1) is 5.92 Å². The predicted octanol–water partition coefficient (Wildman–Crippen LogP) is -0.925. The van der Waals surface area contributed by atoms with E-state index in [-0.39, 0.29) is 12.0 Å². The highest BCUT2D eigenvalue weighted by atomic mass is 16.3. The van der Waals surface area contributed by atoms with E-state index in [0.29, 0.717) is 0 Å². The van der Waals surface area contributed by atoms with Gasteiger partial charge in [-0.3, -0.25) is 0 Å². The van der Waals surface area contributed by atoms with Crippen LogP contribution in [0.3, 0.4) is 0 Å². The molecule has 0 amide bonds. The molecule has 0 heterocycles. The predicted molar refractivity (Wildman–Crippen MR) is 33.8 cm³/mol. The number of hydrogen-bond acceptors (Lipinski definition) is 3. The van der Waals surface area contributed by atoms with Crippen LogP contribution in [-0.4, -0.2) is 28.5 Å². The summed E-state index contributed by atoms with van der Waals surface area (Å²) < 4.78 is 0. The lowest BCUT2D eigenvalue weighted by Gasteiger charge is -2.11. The summed E-state index contributed by atoms with van der Waals surface area (Å²) in [5.74, 6) is 0.148. The fourth-order valence-corrected chi connectivity index (χ4v) is 1.30. The van der Waals surface area contributed by atoms with Gasteiger partial charge in [-0.25, -0.2) is 0 Å². The molecule has 0 radical (unpaired) electrons. The molecule has 0 aliphatic heterocycles. The zero-order valence-corrected chi connectivity index (χ0v) is 5.49. The van der Waals surface area contributed by atoms with Crippen molar-refractivity contribution >= 4 is 0 Å². The topological polar surface area (TPSA) is 66.5 Å². The normalized spacial score (nSPS) is 52.0. The second-order valence-electron chi connectivity index (χ2n) is 2.86. The minimum Gasteiger partial charge on any atom is -0.390 e. The standard InChI is InChI=1S/C6H13NO2/c1-3-2-4(7)6(9)5(3)8/h3-6,8-9H,2,7H2,1H3/t3-,4+,5-,6?/m0/s1. The van der Waals surface area contributed by atoms with Crippen molar-refractivity contribution in [3.8, 4) is 0 Å². The third kappa shape index (κ3) is 1.08. The Kier molecular flexibility index (Phi) is 1.75. The van der Waals surface area contributed by atoms with Crippen LogP contribution in [0.1, 0.15) is 13.3 Å². The van der Waals surface area contributed by atoms with Gasteiger partial charge >= 0.3 is 0 Å². The first-order valence-electron chi connectivity index (χ1n) is 3.24. The Morgan fingerprint density at radius 1 is 1.33 bits per heavy atom. The average molecular weight is 131 g/mol. The SMILES string of the molecule is C[C@H]1C[C@@H](N)C(O)[C@H]1O. The Bertz CT molecular complexity index is 95.2. The first-order valence-corrected chi connectivity index (χ1v) is 3.24. The van der Waals surface area contributed by atoms with E-state index in [0.717, 1.165) is 6.42 Å². The highest BCUT2D eigenvalue weighted by Gasteiger charge is 2.36. The molecule has 1 unspecified atom stereocenters. The highest BCUT2D eigenvalue weighted by Crippen LogP contribution is 2.24. The summed E-state index contributed by atoms with van der Waals surface area (Å²) >= 11 is 0. The maximum absolute atomic E-state index is 9.11. The third-order valence-electron chi connectivity index (χ3n) is 2.02. The van der Waals surface area contributed by atoms with Gasteiger partial charge in [-0.1, -0.05) is 6.92 Å². The molecule has 0 spiro atoms. The molecule has 9 heavy (non-hydrogen) atoms. The largest absolute Gasteiger partial charge is 0.390 e. The van der Waals surface area contributed by atoms with Gasteiger partial charge in [0.25, 0.3) is 0 Å². The molecule has 3 nitrogen and oxygen atoms in total. The highest BCUT2D eigenvalue weighted by molar-refractivity contribution is 4.91. The number of nitrogens with two attached hydrogens (primary N) is 1. The first-order chi connectivity index (χ1) is 4.13. The maximum atomic E-state index is 9.11. The van der Waals surface area contributed by atoms with Crippen molar-refractivity contribution in [2.75, 3.05) is 0 Å². The van der Waals surface area contributed by atoms with Gasteiger partial charge in [0.1, 0.15) is 0 Å². The van der Waals surface area contributed by atoms with Crippen LogP contribution in [0.15, 0.2) is 0 Å². The Labute approximate surface area is 54.5 Å². The van der Waals surface area contributed by atoms with E-state index in [2.05, 4.69) is 0 Å². The van der Waals surface area contributed by atoms with Gasteiger partial charge in [-0.2, -0.15) is 0 Å². The Morgan fingerprint density at radius 2 is 1.89 bits per heavy atom. The summed E-state index contributed by atoms with van der Waals surface area (Å²) in [7, 11) is 0. The summed E-state index contributed by atoms with van der Waals surface area (Å²) in [4.78, 5) is 0. The Hall–Kier alpha value is -0.120. The molecule has 4 N–H and O–H groups in total. The fraction of sp³-hybridized carbons (Fsp3) is 1.00. The zero-order valence-electron chi connectivity index (χ0n) is 5.49. The molecule has 1 aliphatic rings. The van der Waals surface area contributed by atoms with Crippen LogP contribution in [0.4, 0.5) is 0 Å². The molecule has 0 bridgehead atoms. The van der Waals surface area contributed by atoms with Crippen LogP contribution < -0.4 is 5.73 Å². The quantitative estimate of drug-likeness (QED) is 0.398. The van der Waals surface area contributed by atoms with Crippen molar-refractivity contribution in [1.82, 2.24) is 0 Å². The Morgan fingerprint density at radius 3 is 2.00 bits per heavy atom. The van der Waals surface area contributed by atoms with Gasteiger partial charge in [0.2, 0.25) is 0 Å². The van der Waals surface area contributed by atoms with Crippen molar-refractivity contribution in [2.45, 2.75) is 31.6 Å². The van der Waals surface area contributed by atoms with Crippen LogP contribution in [-0.2, 0) is 0 Å². The van der Waals surface area contributed by atoms with Crippen molar-refractivity contribution in [3.63, 3.8) is 0 Å². The van der Waals surface area contributed by atoms with Crippen LogP contribution in [0.5, 0.6) is 0 Å². The van der Waals surface area contributed by atoms with Gasteiger partial charge in [0, 0.05) is 6.04 Å². The summed E-state index contributed by atoms with van der Waals surface area (Å²) in [5, 5.41) is 18.2. The van der Waals surface area contributed by atoms with E-state index < -0.39 is 12.2 Å². The van der Waals surface area contributed by atoms with E-state index >= 15 is 0 Å². The third-order valence-corrected chi connectivity index (χ3v) is 2.02. The summed E-state index contributed by atoms with van der Waals surface area (Å²) in [6.07, 6.45) is -0.595. The van der Waals surface area contributed by atoms with Gasteiger partial charge in [-0.15, -0.1) is 0 Å². The van der Waals surface area contributed by atoms with E-state index in [4.69, 9.17) is 15.9 Å². The molecule has 0 aromatic heterocycles. The monoisotopic (exact) mass is 131 g/mol. The number of rotatable bonds is 0. The molecule has 0 aromatic carbocycles. The van der Waals surface area contributed by atoms with Gasteiger partial charge in [-0.05, 0) is 12.3 Å². The average Bonchev–Trinajstić information content (AvgIpc) is 1.98. The summed E-state index contributed by atoms with van der Waals surface area (Å²) in [6.45, 7) is 1.89. The van der Waals surface area contributed by atoms with E-state index in [1.807, 2.05) is 6.92 Å². The molecule has 1 aliphatic carbocycles. The lowest BCUT2D eigenvalue weighted by molar-refractivity contribution is 0.0190. The number of aliphatic hydroxyl groups is 2. The molecule has 0 saturated heterocycles. The summed E-state index contributed by atoms with van der Waals surface area (Å²) in [6, 6.07) is -0.227. The minimum absolute atomic E-state index is 0.148. The molecule has 1 rings (SSSR count). The van der Waals surface area contributed by atoms with Crippen molar-refractivity contribution in [2.24, 2.45) is 11.7 Å². The van der Waals surface area contributed by atoms with Crippen molar-refractivity contribution in [3.05, 3.63) is 0 Å². The van der Waals surface area contributed by atoms with Crippen molar-refractivity contribution in [1.29, 1.82) is 0 Å². The molecule has 1 saturated carbocycles. The van der Waals surface area contributed by atoms with Crippen LogP contribution in [0.25, 0.3) is 0 Å². The van der Waals surface area contributed by atoms with Gasteiger partial charge in [0.05, 0.1) is 12.2 Å². The Balaban J connectivity index is 2.54. The lowest BCUT2D eigenvalue weighted by atomic mass is 10.1. The zero-order chi connectivity index (χ0) is 7.02. The number of hydrogen-bond donors (Lipinski definition) is 3. The van der Waals surface area contributed by atoms with Gasteiger partial charge < -0.3 is 15.9 Å². The summed E-state index contributed by atoms with van der Waals surface area (Å²) in [5.41, 5.74) is 5.45. The van der Waals surface area contributed by atoms with Crippen LogP contribution >= 0.6 is 0 Å². The number of aliphatic hydroxyl groups excluding tert-OH is 2. The second kappa shape index (κ2) is 2.25. The molecule has 4 atom stereocenters. The van der Waals surface area contributed by atoms with E-state index in [1.54, 1.807) is 0 Å². The molecule has 1 fully saturated rings. The van der Waals surface area contributed by atoms with E-state index in [1.165, 1.54) is 0 Å². The smallest absolute Gasteiger partial charge is 0.0952 e. The van der Waals surface area contributed by atoms with Gasteiger partial charge in [0.15, 0.2) is 0 Å². The molecule has 0 aromatic rings. The molecule has 3 heteroatoms. The molecular weight excluding hydrogens is 118 g/mol. The molecule has 54 valence electrons. The molecular formula is C6H13NO2. The lowest BCUT2D eigenvalue weighted by Crippen LogP contribution is -2.35. The second-order valence-corrected chi connectivity index (χ2v) is 2.86. The van der Waals surface area contributed by atoms with E-state index in [9.17, 15) is 0 Å². The van der Waals surface area contributed by atoms with Crippen LogP contribution in [0.2, 0.25) is 0 Å². The first kappa shape index (κ1) is 6.99. The maximum Gasteiger partial charge on any atom is 0.0952 e. The van der Waals surface area contributed by atoms with Crippen molar-refractivity contribution < 1.29 is 10.2 Å².